The molecular formula is C46H58O10Si. The normalized spacial score (nSPS) is 29.4. The standard InChI is InChI=1S/C46H58O10Si/c1-46(2,3)57(4,5)52-31-39-40(48-27-32-18-10-6-11-19-32)41(49-28-33-20-12-7-13-21-33)42(50-29-34-22-14-8-15-23-34)45(56-39)55-37-26-36-38(53-43(37)47)30-51-44(54-36)35-24-16-9-17-25-35/h6-25,36-45,47H,26-31H2,1-5H3/t36-,37+,38+,39+,40+,41-,42+,43-,44?,45-/m0/s1. The van der Waals surface area contributed by atoms with E-state index in [1.165, 1.54) is 0 Å². The number of ether oxygens (including phenoxy) is 8. The average Bonchev–Trinajstić information content (AvgIpc) is 3.22. The molecule has 306 valence electrons. The van der Waals surface area contributed by atoms with Crippen molar-refractivity contribution in [2.45, 2.75) is 127 Å². The fourth-order valence-corrected chi connectivity index (χ4v) is 8.11. The Morgan fingerprint density at radius 2 is 1.14 bits per heavy atom. The van der Waals surface area contributed by atoms with E-state index in [0.717, 1.165) is 22.3 Å². The zero-order chi connectivity index (χ0) is 39.8. The number of aliphatic hydroxyl groups is 1. The first-order valence-electron chi connectivity index (χ1n) is 20.1. The zero-order valence-electron chi connectivity index (χ0n) is 33.7. The Hall–Kier alpha value is -3.30. The smallest absolute Gasteiger partial charge is 0.192 e. The van der Waals surface area contributed by atoms with Crippen molar-refractivity contribution in [1.29, 1.82) is 0 Å². The highest BCUT2D eigenvalue weighted by Gasteiger charge is 2.52. The fraction of sp³-hybridized carbons (Fsp3) is 0.478. The molecule has 0 spiro atoms. The molecule has 0 saturated carbocycles. The highest BCUT2D eigenvalue weighted by molar-refractivity contribution is 6.74. The van der Waals surface area contributed by atoms with E-state index < -0.39 is 69.9 Å². The molecule has 0 amide bonds. The Balaban J connectivity index is 1.20. The summed E-state index contributed by atoms with van der Waals surface area (Å²) in [5.41, 5.74) is 3.92. The summed E-state index contributed by atoms with van der Waals surface area (Å²) in [7, 11) is -2.24. The van der Waals surface area contributed by atoms with Crippen LogP contribution in [-0.4, -0.2) is 81.9 Å². The second-order valence-corrected chi connectivity index (χ2v) is 21.4. The van der Waals surface area contributed by atoms with Gasteiger partial charge in [0.05, 0.1) is 39.1 Å². The molecule has 0 aliphatic carbocycles. The molecule has 3 aliphatic rings. The van der Waals surface area contributed by atoms with E-state index in [-0.39, 0.29) is 24.9 Å². The van der Waals surface area contributed by atoms with Gasteiger partial charge in [-0.15, -0.1) is 0 Å². The lowest BCUT2D eigenvalue weighted by molar-refractivity contribution is -0.375. The van der Waals surface area contributed by atoms with Crippen molar-refractivity contribution in [2.75, 3.05) is 13.2 Å². The minimum Gasteiger partial charge on any atom is -0.414 e. The predicted octanol–water partition coefficient (Wildman–Crippen LogP) is 8.10. The highest BCUT2D eigenvalue weighted by atomic mass is 28.4. The van der Waals surface area contributed by atoms with Gasteiger partial charge in [0.2, 0.25) is 0 Å². The molecule has 4 aromatic carbocycles. The maximum absolute atomic E-state index is 11.4. The summed E-state index contributed by atoms with van der Waals surface area (Å²) in [4.78, 5) is 0. The van der Waals surface area contributed by atoms with Crippen LogP contribution in [0.5, 0.6) is 0 Å². The Labute approximate surface area is 338 Å². The summed E-state index contributed by atoms with van der Waals surface area (Å²) in [6.07, 6.45) is -6.80. The summed E-state index contributed by atoms with van der Waals surface area (Å²) in [6.45, 7) is 12.5. The van der Waals surface area contributed by atoms with Gasteiger partial charge in [0.25, 0.3) is 0 Å². The number of rotatable bonds is 15. The van der Waals surface area contributed by atoms with Gasteiger partial charge in [-0.05, 0) is 34.8 Å². The third-order valence-electron chi connectivity index (χ3n) is 11.5. The average molecular weight is 799 g/mol. The van der Waals surface area contributed by atoms with Crippen LogP contribution >= 0.6 is 0 Å². The third-order valence-corrected chi connectivity index (χ3v) is 16.0. The lowest BCUT2D eigenvalue weighted by Gasteiger charge is -2.49. The number of hydrogen-bond donors (Lipinski definition) is 1. The number of fused-ring (bicyclic) bond motifs is 1. The molecule has 10 nitrogen and oxygen atoms in total. The van der Waals surface area contributed by atoms with Gasteiger partial charge in [-0.2, -0.15) is 0 Å². The third kappa shape index (κ3) is 10.9. The molecular weight excluding hydrogens is 741 g/mol. The Morgan fingerprint density at radius 3 is 1.68 bits per heavy atom. The molecule has 0 radical (unpaired) electrons. The van der Waals surface area contributed by atoms with Crippen LogP contribution in [0.15, 0.2) is 121 Å². The fourth-order valence-electron chi connectivity index (χ4n) is 7.10. The van der Waals surface area contributed by atoms with Gasteiger partial charge in [-0.1, -0.05) is 142 Å². The highest BCUT2D eigenvalue weighted by Crippen LogP contribution is 2.40. The molecule has 0 aromatic heterocycles. The van der Waals surface area contributed by atoms with Crippen molar-refractivity contribution >= 4 is 8.32 Å². The molecule has 3 heterocycles. The quantitative estimate of drug-likeness (QED) is 0.119. The van der Waals surface area contributed by atoms with E-state index in [4.69, 9.17) is 42.3 Å². The van der Waals surface area contributed by atoms with Gasteiger partial charge < -0.3 is 47.4 Å². The summed E-state index contributed by atoms with van der Waals surface area (Å²) in [6, 6.07) is 39.9. The zero-order valence-corrected chi connectivity index (χ0v) is 34.7. The van der Waals surface area contributed by atoms with Gasteiger partial charge in [0.15, 0.2) is 27.2 Å². The molecule has 3 fully saturated rings. The van der Waals surface area contributed by atoms with Crippen LogP contribution in [0.3, 0.4) is 0 Å². The van der Waals surface area contributed by atoms with Gasteiger partial charge in [0, 0.05) is 12.0 Å². The van der Waals surface area contributed by atoms with Gasteiger partial charge in [-0.3, -0.25) is 0 Å². The SMILES string of the molecule is CC(C)(C)[Si](C)(C)OC[C@H]1O[C@H](O[C@@H]2C[C@@H]3OC(c4ccccc4)OC[C@H]3O[C@@H]2O)[C@H](OCc2ccccc2)[C@@H](OCc2ccccc2)[C@@H]1OCc1ccccc1. The first kappa shape index (κ1) is 41.8. The molecule has 10 atom stereocenters. The van der Waals surface area contributed by atoms with E-state index in [2.05, 4.69) is 33.9 Å². The van der Waals surface area contributed by atoms with E-state index >= 15 is 0 Å². The first-order chi connectivity index (χ1) is 27.5. The Bertz CT molecular complexity index is 1780. The van der Waals surface area contributed by atoms with Crippen LogP contribution in [0.25, 0.3) is 0 Å². The van der Waals surface area contributed by atoms with Gasteiger partial charge in [-0.25, -0.2) is 0 Å². The monoisotopic (exact) mass is 798 g/mol. The largest absolute Gasteiger partial charge is 0.414 e. The van der Waals surface area contributed by atoms with E-state index in [1.54, 1.807) is 0 Å². The molecule has 3 saturated heterocycles. The summed E-state index contributed by atoms with van der Waals surface area (Å²) in [5, 5.41) is 11.4. The summed E-state index contributed by atoms with van der Waals surface area (Å²) in [5.74, 6) is 0. The molecule has 1 unspecified atom stereocenters. The predicted molar refractivity (Wildman–Crippen MR) is 217 cm³/mol. The van der Waals surface area contributed by atoms with Crippen LogP contribution in [0.4, 0.5) is 0 Å². The minimum absolute atomic E-state index is 0.0378. The van der Waals surface area contributed by atoms with Crippen molar-refractivity contribution in [3.05, 3.63) is 144 Å². The molecule has 1 N–H and O–H groups in total. The van der Waals surface area contributed by atoms with Gasteiger partial charge >= 0.3 is 0 Å². The van der Waals surface area contributed by atoms with Crippen LogP contribution in [0, 0.1) is 0 Å². The number of benzene rings is 4. The van der Waals surface area contributed by atoms with E-state index in [0.29, 0.717) is 19.6 Å². The Kier molecular flexibility index (Phi) is 14.1. The molecule has 4 aromatic rings. The van der Waals surface area contributed by atoms with Crippen LogP contribution in [0.1, 0.15) is 55.7 Å². The van der Waals surface area contributed by atoms with Crippen molar-refractivity contribution in [2.24, 2.45) is 0 Å². The van der Waals surface area contributed by atoms with Gasteiger partial charge in [0.1, 0.15) is 36.6 Å². The number of hydrogen-bond acceptors (Lipinski definition) is 10. The molecule has 7 rings (SSSR count). The lowest BCUT2D eigenvalue weighted by Crippen LogP contribution is -2.64. The topological polar surface area (TPSA) is 103 Å². The van der Waals surface area contributed by atoms with Crippen LogP contribution < -0.4 is 0 Å². The summed E-state index contributed by atoms with van der Waals surface area (Å²) < 4.78 is 59.8. The first-order valence-corrected chi connectivity index (χ1v) is 23.0. The molecule has 3 aliphatic heterocycles. The van der Waals surface area contributed by atoms with E-state index in [1.807, 2.05) is 121 Å². The maximum Gasteiger partial charge on any atom is 0.192 e. The lowest BCUT2D eigenvalue weighted by atomic mass is 9.97. The minimum atomic E-state index is -2.24. The summed E-state index contributed by atoms with van der Waals surface area (Å²) >= 11 is 0. The molecule has 11 heteroatoms. The number of aliphatic hydroxyl groups excluding tert-OH is 1. The van der Waals surface area contributed by atoms with Crippen LogP contribution in [0.2, 0.25) is 18.1 Å². The Morgan fingerprint density at radius 1 is 0.632 bits per heavy atom. The van der Waals surface area contributed by atoms with E-state index in [9.17, 15) is 5.11 Å². The van der Waals surface area contributed by atoms with Crippen molar-refractivity contribution in [3.63, 3.8) is 0 Å². The second kappa shape index (κ2) is 19.2. The second-order valence-electron chi connectivity index (χ2n) is 16.6. The molecule has 0 bridgehead atoms. The van der Waals surface area contributed by atoms with Crippen LogP contribution in [-0.2, 0) is 62.1 Å². The van der Waals surface area contributed by atoms with Crippen molar-refractivity contribution in [1.82, 2.24) is 0 Å². The molecule has 57 heavy (non-hydrogen) atoms. The maximum atomic E-state index is 11.4. The van der Waals surface area contributed by atoms with Crippen molar-refractivity contribution in [3.8, 4) is 0 Å². The van der Waals surface area contributed by atoms with Crippen molar-refractivity contribution < 1.29 is 47.4 Å².